The lowest BCUT2D eigenvalue weighted by molar-refractivity contribution is -0.119. The van der Waals surface area contributed by atoms with Crippen molar-refractivity contribution in [2.24, 2.45) is 0 Å². The van der Waals surface area contributed by atoms with Gasteiger partial charge in [0.2, 0.25) is 11.1 Å². The largest absolute Gasteiger partial charge is 0.339 e. The van der Waals surface area contributed by atoms with E-state index in [9.17, 15) is 4.79 Å². The average molecular weight is 350 g/mol. The fourth-order valence-corrected chi connectivity index (χ4v) is 2.53. The Bertz CT molecular complexity index is 724. The highest BCUT2D eigenvalue weighted by Gasteiger charge is 2.21. The molecule has 1 aromatic carbocycles. The van der Waals surface area contributed by atoms with Gasteiger partial charge in [0.1, 0.15) is 0 Å². The number of tetrazole rings is 1. The molecule has 0 radical (unpaired) electrons. The molecule has 0 spiro atoms. The molecule has 0 aliphatic rings. The Hall–Kier alpha value is -2.04. The summed E-state index contributed by atoms with van der Waals surface area (Å²) in [6, 6.07) is 7.10. The Morgan fingerprint density at radius 1 is 1.48 bits per heavy atom. The minimum atomic E-state index is -0.639. The molecule has 0 saturated carbocycles. The van der Waals surface area contributed by atoms with E-state index >= 15 is 0 Å². The SMILES string of the molecule is C#C[C@@](C)(CC)NC(=O)CSc1nnnn1-c1ccc(Cl)cc1. The number of hydrogen-bond acceptors (Lipinski definition) is 5. The second kappa shape index (κ2) is 7.49. The van der Waals surface area contributed by atoms with Crippen molar-refractivity contribution in [2.45, 2.75) is 31.0 Å². The first-order valence-electron chi connectivity index (χ1n) is 6.93. The number of aromatic nitrogens is 4. The van der Waals surface area contributed by atoms with Gasteiger partial charge in [-0.25, -0.2) is 0 Å². The number of hydrogen-bond donors (Lipinski definition) is 1. The van der Waals surface area contributed by atoms with Crippen LogP contribution in [0.5, 0.6) is 0 Å². The number of amides is 1. The third-order valence-corrected chi connectivity index (χ3v) is 4.46. The minimum Gasteiger partial charge on any atom is -0.339 e. The summed E-state index contributed by atoms with van der Waals surface area (Å²) in [6.45, 7) is 3.74. The van der Waals surface area contributed by atoms with Crippen LogP contribution < -0.4 is 5.32 Å². The normalized spacial score (nSPS) is 13.1. The second-order valence-corrected chi connectivity index (χ2v) is 6.40. The van der Waals surface area contributed by atoms with Gasteiger partial charge in [0.05, 0.1) is 17.0 Å². The molecule has 0 saturated heterocycles. The lowest BCUT2D eigenvalue weighted by atomic mass is 10.0. The highest BCUT2D eigenvalue weighted by atomic mass is 35.5. The fourth-order valence-electron chi connectivity index (χ4n) is 1.71. The van der Waals surface area contributed by atoms with E-state index in [1.165, 1.54) is 11.8 Å². The van der Waals surface area contributed by atoms with Crippen molar-refractivity contribution < 1.29 is 4.79 Å². The first-order valence-corrected chi connectivity index (χ1v) is 8.29. The molecule has 1 heterocycles. The highest BCUT2D eigenvalue weighted by molar-refractivity contribution is 7.99. The second-order valence-electron chi connectivity index (χ2n) is 5.02. The first kappa shape index (κ1) is 17.3. The zero-order valence-electron chi connectivity index (χ0n) is 12.8. The van der Waals surface area contributed by atoms with E-state index in [0.717, 1.165) is 5.69 Å². The molecule has 8 heteroatoms. The zero-order valence-corrected chi connectivity index (χ0v) is 14.4. The molecule has 1 N–H and O–H groups in total. The van der Waals surface area contributed by atoms with E-state index in [2.05, 4.69) is 26.8 Å². The maximum absolute atomic E-state index is 12.0. The van der Waals surface area contributed by atoms with Crippen molar-refractivity contribution in [1.82, 2.24) is 25.5 Å². The fraction of sp³-hybridized carbons (Fsp3) is 0.333. The van der Waals surface area contributed by atoms with Gasteiger partial charge in [0, 0.05) is 5.02 Å². The van der Waals surface area contributed by atoms with Crippen LogP contribution in [0.1, 0.15) is 20.3 Å². The summed E-state index contributed by atoms with van der Waals surface area (Å²) in [5.74, 6) is 2.60. The van der Waals surface area contributed by atoms with Gasteiger partial charge in [0.25, 0.3) is 0 Å². The van der Waals surface area contributed by atoms with Gasteiger partial charge < -0.3 is 5.32 Å². The van der Waals surface area contributed by atoms with Gasteiger partial charge in [-0.15, -0.1) is 11.5 Å². The van der Waals surface area contributed by atoms with Crippen LogP contribution in [-0.4, -0.2) is 37.4 Å². The van der Waals surface area contributed by atoms with Crippen LogP contribution >= 0.6 is 23.4 Å². The van der Waals surface area contributed by atoms with Crippen molar-refractivity contribution in [3.63, 3.8) is 0 Å². The van der Waals surface area contributed by atoms with Crippen LogP contribution in [0, 0.1) is 12.3 Å². The van der Waals surface area contributed by atoms with Crippen LogP contribution in [0.15, 0.2) is 29.4 Å². The number of nitrogens with zero attached hydrogens (tertiary/aromatic N) is 4. The van der Waals surface area contributed by atoms with Crippen LogP contribution in [0.2, 0.25) is 5.02 Å². The van der Waals surface area contributed by atoms with Crippen molar-refractivity contribution >= 4 is 29.3 Å². The Labute approximate surface area is 144 Å². The molecule has 1 amide bonds. The number of terminal acetylenes is 1. The Morgan fingerprint density at radius 2 is 2.17 bits per heavy atom. The van der Waals surface area contributed by atoms with E-state index in [4.69, 9.17) is 18.0 Å². The molecule has 2 aromatic rings. The van der Waals surface area contributed by atoms with Gasteiger partial charge >= 0.3 is 0 Å². The van der Waals surface area contributed by atoms with Crippen molar-refractivity contribution in [3.05, 3.63) is 29.3 Å². The minimum absolute atomic E-state index is 0.164. The summed E-state index contributed by atoms with van der Waals surface area (Å²) in [6.07, 6.45) is 6.11. The lowest BCUT2D eigenvalue weighted by Crippen LogP contribution is -2.45. The lowest BCUT2D eigenvalue weighted by Gasteiger charge is -2.23. The van der Waals surface area contributed by atoms with Gasteiger partial charge in [-0.05, 0) is 48.0 Å². The first-order chi connectivity index (χ1) is 11.0. The van der Waals surface area contributed by atoms with Crippen molar-refractivity contribution in [2.75, 3.05) is 5.75 Å². The molecule has 1 atom stereocenters. The molecule has 0 aliphatic carbocycles. The molecule has 0 aliphatic heterocycles. The van der Waals surface area contributed by atoms with Crippen molar-refractivity contribution in [1.29, 1.82) is 0 Å². The Kier molecular flexibility index (Phi) is 5.64. The summed E-state index contributed by atoms with van der Waals surface area (Å²) in [5.41, 5.74) is 0.129. The van der Waals surface area contributed by atoms with E-state index < -0.39 is 5.54 Å². The number of benzene rings is 1. The van der Waals surface area contributed by atoms with Gasteiger partial charge in [-0.2, -0.15) is 4.68 Å². The van der Waals surface area contributed by atoms with E-state index in [1.807, 2.05) is 13.8 Å². The summed E-state index contributed by atoms with van der Waals surface area (Å²) >= 11 is 7.11. The molecular formula is C15H16ClN5OS. The van der Waals surface area contributed by atoms with Crippen LogP contribution in [0.3, 0.4) is 0 Å². The maximum Gasteiger partial charge on any atom is 0.231 e. The summed E-state index contributed by atoms with van der Waals surface area (Å²) in [4.78, 5) is 12.0. The molecule has 23 heavy (non-hydrogen) atoms. The quantitative estimate of drug-likeness (QED) is 0.640. The van der Waals surface area contributed by atoms with E-state index in [0.29, 0.717) is 16.6 Å². The number of thioether (sulfide) groups is 1. The molecule has 0 unspecified atom stereocenters. The Balaban J connectivity index is 2.03. The molecule has 0 fully saturated rings. The molecule has 1 aromatic heterocycles. The molecule has 120 valence electrons. The molecule has 2 rings (SSSR count). The smallest absolute Gasteiger partial charge is 0.231 e. The predicted octanol–water partition coefficient (Wildman–Crippen LogP) is 2.33. The van der Waals surface area contributed by atoms with Gasteiger partial charge in [0.15, 0.2) is 0 Å². The van der Waals surface area contributed by atoms with Crippen LogP contribution in [-0.2, 0) is 4.79 Å². The highest BCUT2D eigenvalue weighted by Crippen LogP contribution is 2.19. The van der Waals surface area contributed by atoms with E-state index in [-0.39, 0.29) is 11.7 Å². The number of carbonyl (C=O) groups is 1. The predicted molar refractivity (Wildman–Crippen MR) is 90.6 cm³/mol. The van der Waals surface area contributed by atoms with Crippen LogP contribution in [0.25, 0.3) is 5.69 Å². The van der Waals surface area contributed by atoms with Crippen LogP contribution in [0.4, 0.5) is 0 Å². The third kappa shape index (κ3) is 4.47. The monoisotopic (exact) mass is 349 g/mol. The Morgan fingerprint density at radius 3 is 2.78 bits per heavy atom. The summed E-state index contributed by atoms with van der Waals surface area (Å²) < 4.78 is 1.55. The third-order valence-electron chi connectivity index (χ3n) is 3.29. The van der Waals surface area contributed by atoms with Gasteiger partial charge in [-0.1, -0.05) is 36.2 Å². The summed E-state index contributed by atoms with van der Waals surface area (Å²) in [5, 5.41) is 15.5. The van der Waals surface area contributed by atoms with Gasteiger partial charge in [-0.3, -0.25) is 4.79 Å². The number of rotatable bonds is 6. The topological polar surface area (TPSA) is 72.7 Å². The summed E-state index contributed by atoms with van der Waals surface area (Å²) in [7, 11) is 0. The van der Waals surface area contributed by atoms with Crippen molar-refractivity contribution in [3.8, 4) is 18.0 Å². The molecular weight excluding hydrogens is 334 g/mol. The zero-order chi connectivity index (χ0) is 16.9. The number of halogens is 1. The molecule has 6 nitrogen and oxygen atoms in total. The average Bonchev–Trinajstić information content (AvgIpc) is 3.02. The molecule has 0 bridgehead atoms. The number of nitrogens with one attached hydrogen (secondary N) is 1. The number of carbonyl (C=O) groups excluding carboxylic acids is 1. The maximum atomic E-state index is 12.0. The standard InChI is InChI=1S/C15H16ClN5OS/c1-4-15(3,5-2)17-13(22)10-23-14-18-19-20-21(14)12-8-6-11(16)7-9-12/h1,6-9H,5,10H2,2-3H3,(H,17,22)/t15-/m0/s1. The van der Waals surface area contributed by atoms with E-state index in [1.54, 1.807) is 28.9 Å².